The Morgan fingerprint density at radius 1 is 1.33 bits per heavy atom. The van der Waals surface area contributed by atoms with Crippen LogP contribution in [0, 0.1) is 13.8 Å². The molecule has 8 heteroatoms. The lowest BCUT2D eigenvalue weighted by atomic mass is 10.4. The zero-order valence-electron chi connectivity index (χ0n) is 13.1. The normalized spacial score (nSPS) is 10.3. The van der Waals surface area contributed by atoms with Crippen LogP contribution in [0.5, 0.6) is 0 Å². The van der Waals surface area contributed by atoms with Crippen LogP contribution in [-0.4, -0.2) is 67.6 Å². The van der Waals surface area contributed by atoms with Crippen LogP contribution < -0.4 is 5.32 Å². The van der Waals surface area contributed by atoms with Gasteiger partial charge in [-0.05, 0) is 13.8 Å². The predicted molar refractivity (Wildman–Crippen MR) is 82.7 cm³/mol. The molecule has 0 fully saturated rings. The Balaban J connectivity index is 2.64. The predicted octanol–water partition coefficient (Wildman–Crippen LogP) is 1.33. The monoisotopic (exact) mass is 314 g/mol. The molecule has 0 aliphatic rings. The van der Waals surface area contributed by atoms with Crippen molar-refractivity contribution in [1.82, 2.24) is 14.8 Å². The van der Waals surface area contributed by atoms with E-state index in [0.717, 1.165) is 10.6 Å². The van der Waals surface area contributed by atoms with Crippen molar-refractivity contribution >= 4 is 28.4 Å². The van der Waals surface area contributed by atoms with Crippen LogP contribution in [0.4, 0.5) is 9.93 Å². The molecule has 1 aromatic rings. The maximum absolute atomic E-state index is 12.0. The molecule has 0 atom stereocenters. The van der Waals surface area contributed by atoms with Crippen molar-refractivity contribution in [2.75, 3.05) is 46.2 Å². The number of urea groups is 1. The largest absolute Gasteiger partial charge is 0.383 e. The molecule has 0 aromatic carbocycles. The molecular formula is C13H22N4O3S. The summed E-state index contributed by atoms with van der Waals surface area (Å²) in [6.45, 7) is 4.54. The molecule has 0 aliphatic heterocycles. The molecule has 0 unspecified atom stereocenters. The smallest absolute Gasteiger partial charge is 0.320 e. The Morgan fingerprint density at radius 3 is 2.48 bits per heavy atom. The maximum Gasteiger partial charge on any atom is 0.320 e. The van der Waals surface area contributed by atoms with Crippen LogP contribution in [0.1, 0.15) is 10.6 Å². The minimum absolute atomic E-state index is 0.0297. The average Bonchev–Trinajstić information content (AvgIpc) is 2.72. The van der Waals surface area contributed by atoms with E-state index in [-0.39, 0.29) is 18.5 Å². The van der Waals surface area contributed by atoms with Crippen molar-refractivity contribution in [2.24, 2.45) is 0 Å². The first-order valence-electron chi connectivity index (χ1n) is 6.54. The minimum atomic E-state index is -0.268. The van der Waals surface area contributed by atoms with Gasteiger partial charge in [-0.2, -0.15) is 0 Å². The summed E-state index contributed by atoms with van der Waals surface area (Å²) in [7, 11) is 4.85. The minimum Gasteiger partial charge on any atom is -0.383 e. The highest BCUT2D eigenvalue weighted by molar-refractivity contribution is 7.15. The van der Waals surface area contributed by atoms with Gasteiger partial charge in [0, 0.05) is 32.6 Å². The molecule has 118 valence electrons. The van der Waals surface area contributed by atoms with E-state index in [4.69, 9.17) is 4.74 Å². The van der Waals surface area contributed by atoms with Gasteiger partial charge in [0.05, 0.1) is 12.3 Å². The van der Waals surface area contributed by atoms with Crippen LogP contribution >= 0.6 is 11.3 Å². The van der Waals surface area contributed by atoms with Gasteiger partial charge >= 0.3 is 6.03 Å². The van der Waals surface area contributed by atoms with Crippen molar-refractivity contribution in [3.63, 3.8) is 0 Å². The van der Waals surface area contributed by atoms with Gasteiger partial charge in [0.25, 0.3) is 0 Å². The first-order chi connectivity index (χ1) is 9.85. The molecule has 0 saturated heterocycles. The number of amides is 3. The number of carbonyl (C=O) groups excluding carboxylic acids is 2. The van der Waals surface area contributed by atoms with Crippen LogP contribution in [0.3, 0.4) is 0 Å². The van der Waals surface area contributed by atoms with Gasteiger partial charge < -0.3 is 19.9 Å². The molecule has 1 heterocycles. The van der Waals surface area contributed by atoms with Gasteiger partial charge in [-0.15, -0.1) is 11.3 Å². The Labute approximate surface area is 128 Å². The summed E-state index contributed by atoms with van der Waals surface area (Å²) in [4.78, 5) is 32.2. The van der Waals surface area contributed by atoms with E-state index in [0.29, 0.717) is 18.3 Å². The van der Waals surface area contributed by atoms with Crippen LogP contribution in [0.15, 0.2) is 0 Å². The quantitative estimate of drug-likeness (QED) is 0.859. The van der Waals surface area contributed by atoms with E-state index in [9.17, 15) is 9.59 Å². The molecular weight excluding hydrogens is 292 g/mol. The molecule has 0 saturated carbocycles. The number of aromatic nitrogens is 1. The number of nitrogens with one attached hydrogen (secondary N) is 1. The number of ether oxygens (including phenoxy) is 1. The molecule has 3 amide bonds. The van der Waals surface area contributed by atoms with Crippen molar-refractivity contribution in [1.29, 1.82) is 0 Å². The van der Waals surface area contributed by atoms with E-state index in [1.807, 2.05) is 13.8 Å². The third kappa shape index (κ3) is 5.31. The van der Waals surface area contributed by atoms with Gasteiger partial charge in [0.15, 0.2) is 5.13 Å². The number of hydrogen-bond acceptors (Lipinski definition) is 5. The summed E-state index contributed by atoms with van der Waals surface area (Å²) >= 11 is 1.42. The summed E-state index contributed by atoms with van der Waals surface area (Å²) in [5, 5.41) is 3.27. The standard InChI is InChI=1S/C13H22N4O3S/c1-9-10(2)21-12(14-9)15-11(18)8-17(6-7-20-5)13(19)16(3)4/h6-8H2,1-5H3,(H,14,15,18). The lowest BCUT2D eigenvalue weighted by molar-refractivity contribution is -0.117. The summed E-state index contributed by atoms with van der Waals surface area (Å²) in [6, 6.07) is -0.228. The number of methoxy groups -OCH3 is 1. The van der Waals surface area contributed by atoms with E-state index in [1.54, 1.807) is 21.2 Å². The number of nitrogens with zero attached hydrogens (tertiary/aromatic N) is 3. The van der Waals surface area contributed by atoms with E-state index < -0.39 is 0 Å². The first-order valence-corrected chi connectivity index (χ1v) is 7.35. The molecule has 21 heavy (non-hydrogen) atoms. The number of aryl methyl sites for hydroxylation is 2. The van der Waals surface area contributed by atoms with Crippen molar-refractivity contribution in [3.8, 4) is 0 Å². The fraction of sp³-hybridized carbons (Fsp3) is 0.615. The highest BCUT2D eigenvalue weighted by atomic mass is 32.1. The molecule has 0 bridgehead atoms. The SMILES string of the molecule is COCCN(CC(=O)Nc1nc(C)c(C)s1)C(=O)N(C)C. The molecule has 0 aliphatic carbocycles. The first kappa shape index (κ1) is 17.4. The summed E-state index contributed by atoms with van der Waals surface area (Å²) in [5.41, 5.74) is 0.899. The lowest BCUT2D eigenvalue weighted by Crippen LogP contribution is -2.44. The van der Waals surface area contributed by atoms with Gasteiger partial charge in [0.2, 0.25) is 5.91 Å². The zero-order valence-corrected chi connectivity index (χ0v) is 13.9. The fourth-order valence-corrected chi connectivity index (χ4v) is 2.42. The molecule has 1 aromatic heterocycles. The number of hydrogen-bond donors (Lipinski definition) is 1. The van der Waals surface area contributed by atoms with Gasteiger partial charge in [-0.25, -0.2) is 9.78 Å². The van der Waals surface area contributed by atoms with Crippen molar-refractivity contribution in [2.45, 2.75) is 13.8 Å². The lowest BCUT2D eigenvalue weighted by Gasteiger charge is -2.25. The zero-order chi connectivity index (χ0) is 16.0. The van der Waals surface area contributed by atoms with Crippen molar-refractivity contribution < 1.29 is 14.3 Å². The van der Waals surface area contributed by atoms with Gasteiger partial charge in [-0.1, -0.05) is 0 Å². The Morgan fingerprint density at radius 2 is 2.00 bits per heavy atom. The van der Waals surface area contributed by atoms with E-state index >= 15 is 0 Å². The maximum atomic E-state index is 12.0. The number of thiazole rings is 1. The molecule has 0 radical (unpaired) electrons. The summed E-state index contributed by atoms with van der Waals surface area (Å²) in [5.74, 6) is -0.268. The number of carbonyl (C=O) groups is 2. The van der Waals surface area contributed by atoms with Gasteiger partial charge in [-0.3, -0.25) is 4.79 Å². The highest BCUT2D eigenvalue weighted by Crippen LogP contribution is 2.20. The molecule has 7 nitrogen and oxygen atoms in total. The van der Waals surface area contributed by atoms with Gasteiger partial charge in [0.1, 0.15) is 6.54 Å². The third-order valence-corrected chi connectivity index (χ3v) is 3.82. The molecule has 1 rings (SSSR count). The Kier molecular flexibility index (Phi) is 6.57. The summed E-state index contributed by atoms with van der Waals surface area (Å²) in [6.07, 6.45) is 0. The number of anilines is 1. The topological polar surface area (TPSA) is 74.8 Å². The fourth-order valence-electron chi connectivity index (χ4n) is 1.58. The Hall–Kier alpha value is -1.67. The average molecular weight is 314 g/mol. The van der Waals surface area contributed by atoms with E-state index in [1.165, 1.54) is 21.1 Å². The number of rotatable bonds is 6. The second-order valence-corrected chi connectivity index (χ2v) is 6.00. The highest BCUT2D eigenvalue weighted by Gasteiger charge is 2.19. The molecule has 0 spiro atoms. The molecule has 1 N–H and O–H groups in total. The second kappa shape index (κ2) is 7.94. The second-order valence-electron chi connectivity index (χ2n) is 4.80. The van der Waals surface area contributed by atoms with Crippen LogP contribution in [0.25, 0.3) is 0 Å². The van der Waals surface area contributed by atoms with E-state index in [2.05, 4.69) is 10.3 Å². The summed E-state index contributed by atoms with van der Waals surface area (Å²) < 4.78 is 4.97. The third-order valence-electron chi connectivity index (χ3n) is 2.83. The Bertz CT molecular complexity index is 482. The van der Waals surface area contributed by atoms with Crippen LogP contribution in [-0.2, 0) is 9.53 Å². The van der Waals surface area contributed by atoms with Crippen molar-refractivity contribution in [3.05, 3.63) is 10.6 Å². The van der Waals surface area contributed by atoms with Crippen LogP contribution in [0.2, 0.25) is 0 Å².